The Morgan fingerprint density at radius 1 is 0.914 bits per heavy atom. The first-order valence-corrected chi connectivity index (χ1v) is 12.2. The number of nitrogens with two attached hydrogens (primary N) is 3. The van der Waals surface area contributed by atoms with Crippen LogP contribution in [0.3, 0.4) is 0 Å². The standard InChI is InChI=1S/C21H38N8O5S/c22-7-3-1-5-14(24)18(30)28-16(9-13-10-25-12-26-13)19(31)29-17(11-35)20(32)27-15(21(33)34)6-2-4-8-23/h10,12,14-17,35H,1-9,11,22-24H2,(H,25,26)(H,27,32)(H,28,30)(H,29,31)(H,33,34). The second kappa shape index (κ2) is 16.9. The first-order chi connectivity index (χ1) is 16.7. The average molecular weight is 515 g/mol. The Morgan fingerprint density at radius 3 is 2.03 bits per heavy atom. The first-order valence-electron chi connectivity index (χ1n) is 11.6. The Bertz CT molecular complexity index is 795. The molecule has 0 aromatic carbocycles. The molecule has 0 aliphatic rings. The van der Waals surface area contributed by atoms with Crippen LogP contribution in [0.15, 0.2) is 12.5 Å². The quantitative estimate of drug-likeness (QED) is 0.0778. The van der Waals surface area contributed by atoms with Gasteiger partial charge in [0.1, 0.15) is 18.1 Å². The number of carboxylic acids is 1. The van der Waals surface area contributed by atoms with Crippen LogP contribution in [0.4, 0.5) is 0 Å². The van der Waals surface area contributed by atoms with Crippen molar-refractivity contribution in [2.45, 2.75) is 69.1 Å². The molecular formula is C21H38N8O5S. The van der Waals surface area contributed by atoms with E-state index < -0.39 is 47.9 Å². The van der Waals surface area contributed by atoms with E-state index in [1.807, 2.05) is 0 Å². The third-order valence-electron chi connectivity index (χ3n) is 5.29. The van der Waals surface area contributed by atoms with E-state index in [1.165, 1.54) is 12.5 Å². The maximum absolute atomic E-state index is 13.0. The molecule has 4 unspecified atom stereocenters. The number of nitrogens with zero attached hydrogens (tertiary/aromatic N) is 1. The van der Waals surface area contributed by atoms with E-state index in [-0.39, 0.29) is 18.6 Å². The van der Waals surface area contributed by atoms with Crippen molar-refractivity contribution in [1.82, 2.24) is 25.9 Å². The number of nitrogens with one attached hydrogen (secondary N) is 4. The number of carboxylic acid groups (broad SMARTS) is 1. The van der Waals surface area contributed by atoms with Gasteiger partial charge in [-0.3, -0.25) is 14.4 Å². The number of rotatable bonds is 18. The molecule has 198 valence electrons. The van der Waals surface area contributed by atoms with Gasteiger partial charge < -0.3 is 43.2 Å². The van der Waals surface area contributed by atoms with Crippen LogP contribution >= 0.6 is 12.6 Å². The minimum Gasteiger partial charge on any atom is -0.480 e. The van der Waals surface area contributed by atoms with Crippen molar-refractivity contribution in [3.63, 3.8) is 0 Å². The molecule has 0 aliphatic carbocycles. The number of imidazole rings is 1. The first kappa shape index (κ1) is 30.4. The molecule has 14 heteroatoms. The van der Waals surface area contributed by atoms with Gasteiger partial charge in [-0.05, 0) is 45.2 Å². The molecule has 35 heavy (non-hydrogen) atoms. The monoisotopic (exact) mass is 514 g/mol. The molecule has 11 N–H and O–H groups in total. The summed E-state index contributed by atoms with van der Waals surface area (Å²) in [5, 5.41) is 17.0. The summed E-state index contributed by atoms with van der Waals surface area (Å²) in [6.45, 7) is 0.901. The fraction of sp³-hybridized carbons (Fsp3) is 0.667. The summed E-state index contributed by atoms with van der Waals surface area (Å²) >= 11 is 4.12. The van der Waals surface area contributed by atoms with Crippen LogP contribution < -0.4 is 33.2 Å². The molecular weight excluding hydrogens is 476 g/mol. The lowest BCUT2D eigenvalue weighted by Gasteiger charge is -2.24. The van der Waals surface area contributed by atoms with E-state index in [2.05, 4.69) is 38.5 Å². The number of unbranched alkanes of at least 4 members (excludes halogenated alkanes) is 2. The number of carbonyl (C=O) groups is 4. The van der Waals surface area contributed by atoms with E-state index in [4.69, 9.17) is 17.2 Å². The molecule has 13 nitrogen and oxygen atoms in total. The summed E-state index contributed by atoms with van der Waals surface area (Å²) in [7, 11) is 0. The lowest BCUT2D eigenvalue weighted by molar-refractivity contribution is -0.142. The molecule has 4 atom stereocenters. The zero-order valence-corrected chi connectivity index (χ0v) is 20.6. The summed E-state index contributed by atoms with van der Waals surface area (Å²) in [6.07, 6.45) is 6.16. The highest BCUT2D eigenvalue weighted by Crippen LogP contribution is 2.05. The van der Waals surface area contributed by atoms with Crippen LogP contribution in [-0.4, -0.2) is 81.8 Å². The largest absolute Gasteiger partial charge is 0.480 e. The van der Waals surface area contributed by atoms with Gasteiger partial charge in [0.05, 0.1) is 12.4 Å². The van der Waals surface area contributed by atoms with Gasteiger partial charge in [-0.15, -0.1) is 0 Å². The maximum Gasteiger partial charge on any atom is 0.326 e. The van der Waals surface area contributed by atoms with E-state index in [1.54, 1.807) is 0 Å². The molecule has 0 aliphatic heterocycles. The molecule has 1 aromatic rings. The van der Waals surface area contributed by atoms with Gasteiger partial charge in [-0.25, -0.2) is 9.78 Å². The lowest BCUT2D eigenvalue weighted by Crippen LogP contribution is -2.58. The smallest absolute Gasteiger partial charge is 0.326 e. The van der Waals surface area contributed by atoms with E-state index in [0.29, 0.717) is 44.5 Å². The van der Waals surface area contributed by atoms with E-state index in [0.717, 1.165) is 6.42 Å². The molecule has 0 saturated heterocycles. The van der Waals surface area contributed by atoms with Gasteiger partial charge in [0, 0.05) is 24.1 Å². The third-order valence-corrected chi connectivity index (χ3v) is 5.66. The van der Waals surface area contributed by atoms with Crippen LogP contribution in [-0.2, 0) is 25.6 Å². The number of aromatic nitrogens is 2. The zero-order chi connectivity index (χ0) is 26.2. The molecule has 3 amide bonds. The van der Waals surface area contributed by atoms with Gasteiger partial charge in [0.2, 0.25) is 17.7 Å². The molecule has 0 fully saturated rings. The van der Waals surface area contributed by atoms with Crippen LogP contribution in [0.5, 0.6) is 0 Å². The number of aliphatic carboxylic acids is 1. The van der Waals surface area contributed by atoms with Crippen molar-refractivity contribution in [1.29, 1.82) is 0 Å². The Balaban J connectivity index is 2.85. The van der Waals surface area contributed by atoms with Crippen molar-refractivity contribution in [2.75, 3.05) is 18.8 Å². The van der Waals surface area contributed by atoms with Gasteiger partial charge in [-0.1, -0.05) is 6.42 Å². The summed E-state index contributed by atoms with van der Waals surface area (Å²) < 4.78 is 0. The highest BCUT2D eigenvalue weighted by Gasteiger charge is 2.30. The fourth-order valence-electron chi connectivity index (χ4n) is 3.23. The predicted molar refractivity (Wildman–Crippen MR) is 133 cm³/mol. The summed E-state index contributed by atoms with van der Waals surface area (Å²) in [4.78, 5) is 56.6. The predicted octanol–water partition coefficient (Wildman–Crippen LogP) is -1.99. The third kappa shape index (κ3) is 11.5. The van der Waals surface area contributed by atoms with Gasteiger partial charge >= 0.3 is 5.97 Å². The minimum atomic E-state index is -1.19. The minimum absolute atomic E-state index is 0.0742. The van der Waals surface area contributed by atoms with Gasteiger partial charge in [0.25, 0.3) is 0 Å². The number of carbonyl (C=O) groups excluding carboxylic acids is 3. The normalized spacial score (nSPS) is 14.4. The number of hydrogen-bond acceptors (Lipinski definition) is 9. The van der Waals surface area contributed by atoms with Crippen LogP contribution in [0.2, 0.25) is 0 Å². The molecule has 0 radical (unpaired) electrons. The Morgan fingerprint density at radius 2 is 1.49 bits per heavy atom. The molecule has 1 heterocycles. The zero-order valence-electron chi connectivity index (χ0n) is 19.7. The van der Waals surface area contributed by atoms with Gasteiger partial charge in [0.15, 0.2) is 0 Å². The van der Waals surface area contributed by atoms with Crippen LogP contribution in [0.25, 0.3) is 0 Å². The number of thiol groups is 1. The van der Waals surface area contributed by atoms with Crippen molar-refractivity contribution in [3.05, 3.63) is 18.2 Å². The fourth-order valence-corrected chi connectivity index (χ4v) is 3.49. The Kier molecular flexibility index (Phi) is 14.6. The van der Waals surface area contributed by atoms with Crippen molar-refractivity contribution in [2.24, 2.45) is 17.2 Å². The molecule has 0 bridgehead atoms. The van der Waals surface area contributed by atoms with Crippen molar-refractivity contribution in [3.8, 4) is 0 Å². The van der Waals surface area contributed by atoms with Crippen molar-refractivity contribution < 1.29 is 24.3 Å². The highest BCUT2D eigenvalue weighted by atomic mass is 32.1. The van der Waals surface area contributed by atoms with E-state index >= 15 is 0 Å². The number of amides is 3. The molecule has 1 rings (SSSR count). The second-order valence-electron chi connectivity index (χ2n) is 8.16. The topological polar surface area (TPSA) is 231 Å². The molecule has 1 aromatic heterocycles. The Labute approximate surface area is 210 Å². The Hall–Kier alpha value is -2.68. The highest BCUT2D eigenvalue weighted by molar-refractivity contribution is 7.80. The summed E-state index contributed by atoms with van der Waals surface area (Å²) in [5.74, 6) is -3.13. The van der Waals surface area contributed by atoms with Crippen LogP contribution in [0, 0.1) is 0 Å². The number of hydrogen-bond donors (Lipinski definition) is 9. The summed E-state index contributed by atoms with van der Waals surface area (Å²) in [6, 6.07) is -4.13. The lowest BCUT2D eigenvalue weighted by atomic mass is 10.1. The second-order valence-corrected chi connectivity index (χ2v) is 8.53. The molecule has 0 spiro atoms. The number of H-pyrrole nitrogens is 1. The van der Waals surface area contributed by atoms with E-state index in [9.17, 15) is 24.3 Å². The van der Waals surface area contributed by atoms with Crippen LogP contribution in [0.1, 0.15) is 44.2 Å². The van der Waals surface area contributed by atoms with Gasteiger partial charge in [-0.2, -0.15) is 12.6 Å². The maximum atomic E-state index is 13.0. The molecule has 0 saturated carbocycles. The SMILES string of the molecule is NCCCCC(N)C(=O)NC(Cc1cnc[nH]1)C(=O)NC(CS)C(=O)NC(CCCCN)C(=O)O. The summed E-state index contributed by atoms with van der Waals surface area (Å²) in [5.41, 5.74) is 17.4. The average Bonchev–Trinajstić information content (AvgIpc) is 3.34. The van der Waals surface area contributed by atoms with Crippen molar-refractivity contribution >= 4 is 36.3 Å². The number of aromatic amines is 1.